The number of likely N-dealkylation sites (N-methyl/N-ethyl adjacent to an activating group) is 1. The molecule has 2 heterocycles. The number of non-ortho nitro benzene ring substituents is 1. The standard InChI is InChI=1S/C43H40N3O2/c1-5-27-43(30-32-17-10-7-11-18-32)36-28-34(46(47)48)24-26-37(36)44(3)40(43)22-14-21-39-42(2,29-31-15-8-6-9-16-31)41-35-20-13-12-19-33(35)23-25-38(41)45(39)4/h5-26,28H,1,27,29-30H2,2-4H3/q+1. The van der Waals surface area contributed by atoms with Gasteiger partial charge in [0.25, 0.3) is 5.69 Å². The Labute approximate surface area is 282 Å². The summed E-state index contributed by atoms with van der Waals surface area (Å²) in [5.74, 6) is 0. The number of hydrogen-bond donors (Lipinski definition) is 0. The summed E-state index contributed by atoms with van der Waals surface area (Å²) in [6.07, 6.45) is 10.8. The fourth-order valence-electron chi connectivity index (χ4n) is 8.29. The summed E-state index contributed by atoms with van der Waals surface area (Å²) >= 11 is 0. The van der Waals surface area contributed by atoms with E-state index in [2.05, 4.69) is 146 Å². The largest absolute Gasteiger partial charge is 0.347 e. The van der Waals surface area contributed by atoms with Crippen molar-refractivity contribution >= 4 is 33.5 Å². The number of allylic oxidation sites excluding steroid dienone is 5. The van der Waals surface area contributed by atoms with Crippen molar-refractivity contribution in [2.45, 2.75) is 37.0 Å². The van der Waals surface area contributed by atoms with Crippen LogP contribution in [0.1, 0.15) is 35.6 Å². The molecule has 5 aromatic rings. The van der Waals surface area contributed by atoms with Gasteiger partial charge >= 0.3 is 0 Å². The van der Waals surface area contributed by atoms with Crippen LogP contribution in [0.3, 0.4) is 0 Å². The Kier molecular flexibility index (Phi) is 7.92. The van der Waals surface area contributed by atoms with Crippen molar-refractivity contribution < 1.29 is 9.50 Å². The van der Waals surface area contributed by atoms with Crippen molar-refractivity contribution in [1.82, 2.24) is 0 Å². The highest BCUT2D eigenvalue weighted by Crippen LogP contribution is 2.52. The summed E-state index contributed by atoms with van der Waals surface area (Å²) in [7, 11) is 4.24. The highest BCUT2D eigenvalue weighted by atomic mass is 16.6. The minimum absolute atomic E-state index is 0.102. The van der Waals surface area contributed by atoms with Crippen molar-refractivity contribution in [3.8, 4) is 0 Å². The first kappa shape index (κ1) is 31.1. The summed E-state index contributed by atoms with van der Waals surface area (Å²) in [5, 5.41) is 14.5. The lowest BCUT2D eigenvalue weighted by Crippen LogP contribution is -2.36. The third kappa shape index (κ3) is 5.07. The summed E-state index contributed by atoms with van der Waals surface area (Å²) < 4.78 is 2.20. The summed E-state index contributed by atoms with van der Waals surface area (Å²) in [6.45, 7) is 6.52. The van der Waals surface area contributed by atoms with E-state index in [1.807, 2.05) is 18.2 Å². The van der Waals surface area contributed by atoms with E-state index < -0.39 is 5.41 Å². The summed E-state index contributed by atoms with van der Waals surface area (Å²) in [6, 6.07) is 39.5. The van der Waals surface area contributed by atoms with Crippen LogP contribution < -0.4 is 4.90 Å². The van der Waals surface area contributed by atoms with Gasteiger partial charge in [-0.3, -0.25) is 10.1 Å². The first-order valence-corrected chi connectivity index (χ1v) is 16.5. The molecule has 0 radical (unpaired) electrons. The van der Waals surface area contributed by atoms with E-state index in [0.29, 0.717) is 12.8 Å². The Balaban J connectivity index is 1.37. The van der Waals surface area contributed by atoms with Crippen molar-refractivity contribution in [3.63, 3.8) is 0 Å². The molecule has 0 fully saturated rings. The molecule has 5 heteroatoms. The number of nitro benzene ring substituents is 1. The van der Waals surface area contributed by atoms with Crippen LogP contribution in [0.2, 0.25) is 0 Å². The zero-order valence-corrected chi connectivity index (χ0v) is 27.8. The van der Waals surface area contributed by atoms with E-state index in [1.54, 1.807) is 12.1 Å². The maximum atomic E-state index is 11.9. The lowest BCUT2D eigenvalue weighted by atomic mass is 9.70. The van der Waals surface area contributed by atoms with Crippen LogP contribution in [0.15, 0.2) is 152 Å². The van der Waals surface area contributed by atoms with Crippen molar-refractivity contribution in [3.05, 3.63) is 184 Å². The maximum absolute atomic E-state index is 11.9. The van der Waals surface area contributed by atoms with Crippen LogP contribution in [0.4, 0.5) is 17.1 Å². The number of benzene rings is 5. The highest BCUT2D eigenvalue weighted by Gasteiger charge is 2.50. The lowest BCUT2D eigenvalue weighted by Gasteiger charge is -2.29. The highest BCUT2D eigenvalue weighted by molar-refractivity contribution is 6.04. The van der Waals surface area contributed by atoms with Crippen LogP contribution >= 0.6 is 0 Å². The number of rotatable bonds is 9. The predicted octanol–water partition coefficient (Wildman–Crippen LogP) is 9.62. The second-order valence-corrected chi connectivity index (χ2v) is 13.3. The second-order valence-electron chi connectivity index (χ2n) is 13.3. The molecule has 5 nitrogen and oxygen atoms in total. The molecular formula is C43H40N3O2+. The van der Waals surface area contributed by atoms with E-state index in [4.69, 9.17) is 0 Å². The van der Waals surface area contributed by atoms with Gasteiger partial charge in [0.2, 0.25) is 5.69 Å². The fraction of sp³-hybridized carbons (Fsp3) is 0.186. The monoisotopic (exact) mass is 630 g/mol. The van der Waals surface area contributed by atoms with Gasteiger partial charge in [-0.15, -0.1) is 6.58 Å². The van der Waals surface area contributed by atoms with Crippen LogP contribution in [0, 0.1) is 10.1 Å². The Bertz CT molecular complexity index is 2150. The van der Waals surface area contributed by atoms with Gasteiger partial charge in [0.15, 0.2) is 5.71 Å². The van der Waals surface area contributed by atoms with Gasteiger partial charge in [0.1, 0.15) is 7.05 Å². The number of anilines is 1. The fourth-order valence-corrected chi connectivity index (χ4v) is 8.29. The molecule has 2 aliphatic rings. The molecule has 2 atom stereocenters. The first-order chi connectivity index (χ1) is 23.3. The van der Waals surface area contributed by atoms with Crippen molar-refractivity contribution in [2.75, 3.05) is 19.0 Å². The Morgan fingerprint density at radius 3 is 2.23 bits per heavy atom. The second kappa shape index (κ2) is 12.2. The van der Waals surface area contributed by atoms with Crippen molar-refractivity contribution in [1.29, 1.82) is 0 Å². The Hall–Kier alpha value is -5.55. The van der Waals surface area contributed by atoms with Crippen LogP contribution in [-0.4, -0.2) is 29.3 Å². The molecule has 0 aliphatic carbocycles. The van der Waals surface area contributed by atoms with E-state index >= 15 is 0 Å². The number of hydrogen-bond acceptors (Lipinski definition) is 3. The van der Waals surface area contributed by atoms with Gasteiger partial charge in [-0.25, -0.2) is 0 Å². The summed E-state index contributed by atoms with van der Waals surface area (Å²) in [4.78, 5) is 14.0. The molecule has 7 rings (SSSR count). The van der Waals surface area contributed by atoms with E-state index in [0.717, 1.165) is 23.4 Å². The average Bonchev–Trinajstić information content (AvgIpc) is 3.45. The van der Waals surface area contributed by atoms with Gasteiger partial charge in [0.05, 0.1) is 10.3 Å². The first-order valence-electron chi connectivity index (χ1n) is 16.5. The molecule has 0 saturated heterocycles. The zero-order chi connectivity index (χ0) is 33.5. The van der Waals surface area contributed by atoms with Crippen LogP contribution in [0.5, 0.6) is 0 Å². The average molecular weight is 631 g/mol. The smallest absolute Gasteiger partial charge is 0.270 e. The Morgan fingerprint density at radius 2 is 1.54 bits per heavy atom. The number of fused-ring (bicyclic) bond motifs is 4. The normalized spacial score (nSPS) is 20.9. The van der Waals surface area contributed by atoms with E-state index in [1.165, 1.54) is 38.8 Å². The lowest BCUT2D eigenvalue weighted by molar-refractivity contribution is -0.402. The quantitative estimate of drug-likeness (QED) is 0.0705. The van der Waals surface area contributed by atoms with Crippen molar-refractivity contribution in [2.24, 2.45) is 0 Å². The minimum atomic E-state index is -0.525. The van der Waals surface area contributed by atoms with Crippen LogP contribution in [0.25, 0.3) is 10.8 Å². The maximum Gasteiger partial charge on any atom is 0.270 e. The molecule has 0 spiro atoms. The van der Waals surface area contributed by atoms with Gasteiger partial charge in [-0.1, -0.05) is 103 Å². The molecule has 0 saturated carbocycles. The molecule has 48 heavy (non-hydrogen) atoms. The molecule has 2 unspecified atom stereocenters. The van der Waals surface area contributed by atoms with Gasteiger partial charge in [-0.2, -0.15) is 4.58 Å². The van der Waals surface area contributed by atoms with E-state index in [9.17, 15) is 10.1 Å². The number of nitro groups is 1. The molecule has 5 aromatic carbocycles. The number of nitrogens with zero attached hydrogens (tertiary/aromatic N) is 3. The van der Waals surface area contributed by atoms with Gasteiger partial charge in [-0.05, 0) is 65.8 Å². The molecular weight excluding hydrogens is 590 g/mol. The molecule has 0 amide bonds. The van der Waals surface area contributed by atoms with Gasteiger partial charge < -0.3 is 4.90 Å². The predicted molar refractivity (Wildman–Crippen MR) is 198 cm³/mol. The minimum Gasteiger partial charge on any atom is -0.347 e. The molecule has 0 bridgehead atoms. The SMILES string of the molecule is C=CCC1(Cc2ccccc2)C(/C=C/C=C2/N(C)c3ccc4ccccc4c3C2(C)Cc2ccccc2)=[N+](C)c2ccc([N+](=O)[O-])cc21. The molecule has 0 aromatic heterocycles. The molecule has 238 valence electrons. The van der Waals surface area contributed by atoms with E-state index in [-0.39, 0.29) is 16.0 Å². The third-order valence-electron chi connectivity index (χ3n) is 10.4. The molecule has 0 N–H and O–H groups in total. The zero-order valence-electron chi connectivity index (χ0n) is 27.8. The Morgan fingerprint density at radius 1 is 0.875 bits per heavy atom. The topological polar surface area (TPSA) is 49.4 Å². The summed E-state index contributed by atoms with van der Waals surface area (Å²) in [5.41, 5.74) is 8.58. The third-order valence-corrected chi connectivity index (χ3v) is 10.4. The van der Waals surface area contributed by atoms with Crippen LogP contribution in [-0.2, 0) is 23.7 Å². The van der Waals surface area contributed by atoms with Gasteiger partial charge in [0, 0.05) is 53.7 Å². The molecule has 2 aliphatic heterocycles.